The van der Waals surface area contributed by atoms with E-state index in [0.717, 1.165) is 83.7 Å². The Hall–Kier alpha value is -10.2. The molecule has 4 nitrogen and oxygen atoms in total. The minimum atomic E-state index is -0.393. The highest BCUT2D eigenvalue weighted by Crippen LogP contribution is 2.64. The maximum absolute atomic E-state index is 7.07. The van der Waals surface area contributed by atoms with Gasteiger partial charge in [0.25, 0.3) is 0 Å². The van der Waals surface area contributed by atoms with Crippen LogP contribution in [-0.4, -0.2) is 0 Å². The van der Waals surface area contributed by atoms with Gasteiger partial charge in [0.2, 0.25) is 0 Å². The molecular formula is C81H60N2O2. The second-order valence-electron chi connectivity index (χ2n) is 25.1. The van der Waals surface area contributed by atoms with Crippen molar-refractivity contribution in [3.63, 3.8) is 0 Å². The van der Waals surface area contributed by atoms with Crippen LogP contribution in [0.5, 0.6) is 0 Å². The summed E-state index contributed by atoms with van der Waals surface area (Å²) < 4.78 is 14.1. The summed E-state index contributed by atoms with van der Waals surface area (Å²) in [5.41, 5.74) is 29.4. The standard InChI is InChI=1S/C81H60N2O2/c1-79(2)65-46-54(42-44-59(65)70-67(79)48-63(77-72(70)61-33-19-22-36-68(61)84-77)57-31-17-16-30-56(57)49-24-10-7-11-25-49)83(53-40-38-52(39-41-53)82(50-26-12-8-13-27-50)51-28-14-9-15-29-51)55-43-45-60-66(47-55)81(5,6)75-71(60)73-62-34-20-23-37-69(62)85-78(73)74-58-32-18-21-35-64(58)80(3,4)76(74)75/h7-48H,1-6H3. The van der Waals surface area contributed by atoms with Crippen LogP contribution >= 0.6 is 0 Å². The van der Waals surface area contributed by atoms with Gasteiger partial charge in [0.15, 0.2) is 0 Å². The molecule has 85 heavy (non-hydrogen) atoms. The zero-order valence-corrected chi connectivity index (χ0v) is 48.5. The van der Waals surface area contributed by atoms with E-state index >= 15 is 0 Å². The fourth-order valence-electron chi connectivity index (χ4n) is 15.5. The zero-order chi connectivity index (χ0) is 57.1. The molecule has 2 heterocycles. The highest BCUT2D eigenvalue weighted by molar-refractivity contribution is 6.22. The van der Waals surface area contributed by atoms with E-state index in [1.54, 1.807) is 0 Å². The van der Waals surface area contributed by atoms with Crippen LogP contribution in [0.1, 0.15) is 74.9 Å². The fraction of sp³-hybridized carbons (Fsp3) is 0.111. The number of hydrogen-bond acceptors (Lipinski definition) is 4. The molecule has 12 aromatic carbocycles. The van der Waals surface area contributed by atoms with Crippen molar-refractivity contribution in [1.82, 2.24) is 0 Å². The average Bonchev–Trinajstić information content (AvgIpc) is 1.59. The molecule has 0 atom stereocenters. The Morgan fingerprint density at radius 2 is 0.682 bits per heavy atom. The van der Waals surface area contributed by atoms with Gasteiger partial charge in [-0.1, -0.05) is 205 Å². The van der Waals surface area contributed by atoms with Gasteiger partial charge in [0.1, 0.15) is 22.3 Å². The third-order valence-corrected chi connectivity index (χ3v) is 19.4. The van der Waals surface area contributed by atoms with Crippen molar-refractivity contribution in [3.05, 3.63) is 288 Å². The van der Waals surface area contributed by atoms with E-state index in [1.807, 2.05) is 0 Å². The summed E-state index contributed by atoms with van der Waals surface area (Å²) in [4.78, 5) is 4.83. The van der Waals surface area contributed by atoms with Crippen molar-refractivity contribution in [2.75, 3.05) is 9.80 Å². The molecule has 3 aliphatic carbocycles. The first-order valence-electron chi connectivity index (χ1n) is 29.8. The maximum atomic E-state index is 7.07. The van der Waals surface area contributed by atoms with E-state index in [2.05, 4.69) is 306 Å². The molecule has 0 spiro atoms. The Kier molecular flexibility index (Phi) is 10.4. The predicted molar refractivity (Wildman–Crippen MR) is 354 cm³/mol. The summed E-state index contributed by atoms with van der Waals surface area (Å²) in [5.74, 6) is 0. The third-order valence-electron chi connectivity index (χ3n) is 19.4. The Labute approximate surface area is 495 Å². The quantitative estimate of drug-likeness (QED) is 0.152. The molecule has 0 aliphatic heterocycles. The largest absolute Gasteiger partial charge is 0.455 e. The molecule has 2 aromatic heterocycles. The fourth-order valence-corrected chi connectivity index (χ4v) is 15.5. The number of rotatable bonds is 8. The summed E-state index contributed by atoms with van der Waals surface area (Å²) in [6.45, 7) is 14.6. The molecule has 0 bridgehead atoms. The Balaban J connectivity index is 0.878. The molecule has 0 amide bonds. The molecule has 0 unspecified atom stereocenters. The van der Waals surface area contributed by atoms with Crippen molar-refractivity contribution >= 4 is 78.0 Å². The van der Waals surface area contributed by atoms with E-state index < -0.39 is 5.41 Å². The first kappa shape index (κ1) is 49.4. The number of furan rings is 2. The van der Waals surface area contributed by atoms with Crippen LogP contribution in [0.15, 0.2) is 264 Å². The van der Waals surface area contributed by atoms with Crippen molar-refractivity contribution in [2.24, 2.45) is 0 Å². The van der Waals surface area contributed by atoms with Gasteiger partial charge >= 0.3 is 0 Å². The van der Waals surface area contributed by atoms with Crippen LogP contribution in [0.4, 0.5) is 34.1 Å². The van der Waals surface area contributed by atoms with Gasteiger partial charge in [-0.2, -0.15) is 0 Å². The van der Waals surface area contributed by atoms with E-state index in [-0.39, 0.29) is 10.8 Å². The van der Waals surface area contributed by atoms with Crippen molar-refractivity contribution < 1.29 is 8.83 Å². The minimum absolute atomic E-state index is 0.262. The van der Waals surface area contributed by atoms with E-state index in [9.17, 15) is 0 Å². The topological polar surface area (TPSA) is 32.8 Å². The minimum Gasteiger partial charge on any atom is -0.455 e. The van der Waals surface area contributed by atoms with Crippen LogP contribution in [-0.2, 0) is 16.2 Å². The molecule has 17 rings (SSSR count). The lowest BCUT2D eigenvalue weighted by Crippen LogP contribution is -2.24. The molecule has 406 valence electrons. The Bertz CT molecular complexity index is 5040. The summed E-state index contributed by atoms with van der Waals surface area (Å²) in [6.07, 6.45) is 0. The molecule has 0 radical (unpaired) electrons. The van der Waals surface area contributed by atoms with Gasteiger partial charge in [-0.05, 0) is 169 Å². The van der Waals surface area contributed by atoms with Crippen LogP contribution in [0, 0.1) is 0 Å². The summed E-state index contributed by atoms with van der Waals surface area (Å²) in [6, 6.07) is 93.2. The van der Waals surface area contributed by atoms with E-state index in [0.29, 0.717) is 0 Å². The molecule has 14 aromatic rings. The summed E-state index contributed by atoms with van der Waals surface area (Å²) in [5, 5.41) is 4.65. The Morgan fingerprint density at radius 3 is 1.29 bits per heavy atom. The van der Waals surface area contributed by atoms with Gasteiger partial charge in [-0.3, -0.25) is 0 Å². The SMILES string of the molecule is CC1(C)c2cc(N(c3ccc(N(c4ccccc4)c4ccccc4)cc3)c3ccc4c(c3)C(C)(C)c3c5c(c6oc7ccccc7c6c3-4)-c3ccccc3C5(C)C)ccc2-c2c1cc(-c1ccccc1-c1ccccc1)c1oc3ccccc3c21. The summed E-state index contributed by atoms with van der Waals surface area (Å²) in [7, 11) is 0. The molecule has 0 fully saturated rings. The van der Waals surface area contributed by atoms with Gasteiger partial charge in [-0.15, -0.1) is 0 Å². The molecular weight excluding hydrogens is 1030 g/mol. The second-order valence-corrected chi connectivity index (χ2v) is 25.1. The van der Waals surface area contributed by atoms with Gasteiger partial charge in [0.05, 0.1) is 0 Å². The highest BCUT2D eigenvalue weighted by Gasteiger charge is 2.49. The number of nitrogens with zero attached hydrogens (tertiary/aromatic N) is 2. The molecule has 4 heteroatoms. The van der Waals surface area contributed by atoms with Crippen LogP contribution in [0.2, 0.25) is 0 Å². The summed E-state index contributed by atoms with van der Waals surface area (Å²) >= 11 is 0. The lowest BCUT2D eigenvalue weighted by Gasteiger charge is -2.32. The number of benzene rings is 12. The molecule has 3 aliphatic rings. The van der Waals surface area contributed by atoms with Crippen molar-refractivity contribution in [1.29, 1.82) is 0 Å². The lowest BCUT2D eigenvalue weighted by molar-refractivity contribution is 0.600. The number of hydrogen-bond donors (Lipinski definition) is 0. The number of fused-ring (bicyclic) bond motifs is 19. The predicted octanol–water partition coefficient (Wildman–Crippen LogP) is 22.7. The molecule has 0 saturated carbocycles. The van der Waals surface area contributed by atoms with Crippen LogP contribution in [0.25, 0.3) is 99.5 Å². The lowest BCUT2D eigenvalue weighted by atomic mass is 9.72. The zero-order valence-electron chi connectivity index (χ0n) is 48.5. The average molecular weight is 1090 g/mol. The van der Waals surface area contributed by atoms with Crippen LogP contribution < -0.4 is 9.80 Å². The second kappa shape index (κ2) is 17.9. The third kappa shape index (κ3) is 6.97. The number of anilines is 6. The van der Waals surface area contributed by atoms with Gasteiger partial charge in [0, 0.05) is 83.0 Å². The monoisotopic (exact) mass is 1090 g/mol. The van der Waals surface area contributed by atoms with E-state index in [4.69, 9.17) is 8.83 Å². The molecule has 0 saturated heterocycles. The highest BCUT2D eigenvalue weighted by atomic mass is 16.3. The van der Waals surface area contributed by atoms with Gasteiger partial charge < -0.3 is 18.6 Å². The first-order chi connectivity index (χ1) is 41.5. The number of para-hydroxylation sites is 4. The van der Waals surface area contributed by atoms with Crippen molar-refractivity contribution in [3.8, 4) is 55.6 Å². The first-order valence-corrected chi connectivity index (χ1v) is 29.8. The Morgan fingerprint density at radius 1 is 0.271 bits per heavy atom. The van der Waals surface area contributed by atoms with Crippen molar-refractivity contribution in [2.45, 2.75) is 57.8 Å². The van der Waals surface area contributed by atoms with Gasteiger partial charge in [-0.25, -0.2) is 0 Å². The maximum Gasteiger partial charge on any atom is 0.144 e. The van der Waals surface area contributed by atoms with E-state index in [1.165, 1.54) is 83.3 Å². The molecule has 0 N–H and O–H groups in total. The normalized spacial score (nSPS) is 14.5. The smallest absolute Gasteiger partial charge is 0.144 e. The van der Waals surface area contributed by atoms with Crippen LogP contribution in [0.3, 0.4) is 0 Å².